The summed E-state index contributed by atoms with van der Waals surface area (Å²) in [5, 5.41) is 11.9. The first-order chi connectivity index (χ1) is 14.2. The van der Waals surface area contributed by atoms with Gasteiger partial charge in [-0.05, 0) is 32.6 Å². The molecule has 0 unspecified atom stereocenters. The fourth-order valence-corrected chi connectivity index (χ4v) is 4.01. The summed E-state index contributed by atoms with van der Waals surface area (Å²) < 4.78 is 8.08. The molecule has 4 N–H and O–H groups in total. The molecule has 1 fully saturated rings. The van der Waals surface area contributed by atoms with Crippen molar-refractivity contribution in [3.05, 3.63) is 35.9 Å². The summed E-state index contributed by atoms with van der Waals surface area (Å²) in [4.78, 5) is 12.2. The number of nitrogens with two attached hydrogens (primary N) is 1. The second-order valence-electron chi connectivity index (χ2n) is 7.84. The van der Waals surface area contributed by atoms with Gasteiger partial charge in [0.25, 0.3) is 0 Å². The summed E-state index contributed by atoms with van der Waals surface area (Å²) >= 11 is 0. The number of imidazole rings is 1. The Labute approximate surface area is 170 Å². The molecule has 0 radical (unpaired) electrons. The van der Waals surface area contributed by atoms with Crippen molar-refractivity contribution in [2.45, 2.75) is 70.6 Å². The number of aromatic amines is 2. The Morgan fingerprint density at radius 1 is 1.31 bits per heavy atom. The van der Waals surface area contributed by atoms with Crippen LogP contribution in [0.25, 0.3) is 11.4 Å². The molecule has 9 nitrogen and oxygen atoms in total. The van der Waals surface area contributed by atoms with Crippen LogP contribution in [0.3, 0.4) is 0 Å². The van der Waals surface area contributed by atoms with E-state index in [-0.39, 0.29) is 18.1 Å². The first-order valence-electron chi connectivity index (χ1n) is 10.4. The van der Waals surface area contributed by atoms with Crippen molar-refractivity contribution in [1.29, 1.82) is 0 Å². The smallest absolute Gasteiger partial charge is 0.184 e. The molecule has 0 spiro atoms. The topological polar surface area (TPSA) is 123 Å². The molecule has 0 bridgehead atoms. The van der Waals surface area contributed by atoms with Gasteiger partial charge < -0.3 is 15.5 Å². The van der Waals surface area contributed by atoms with Gasteiger partial charge in [-0.25, -0.2) is 14.6 Å². The minimum Gasteiger partial charge on any atom is -0.377 e. The Morgan fingerprint density at radius 3 is 2.93 bits per heavy atom. The predicted molar refractivity (Wildman–Crippen MR) is 109 cm³/mol. The van der Waals surface area contributed by atoms with E-state index in [2.05, 4.69) is 27.1 Å². The summed E-state index contributed by atoms with van der Waals surface area (Å²) in [6.07, 6.45) is 10.1. The highest BCUT2D eigenvalue weighted by Crippen LogP contribution is 2.34. The SMILES string of the molecule is CCCO[C@H]1C[C@@H](c2nc(-c3cn[nH]c3C)nn2CCc2cnc[nH]2)CC[C@@H]1N. The van der Waals surface area contributed by atoms with E-state index < -0.39 is 0 Å². The maximum absolute atomic E-state index is 6.33. The number of hydrogen-bond acceptors (Lipinski definition) is 6. The van der Waals surface area contributed by atoms with Gasteiger partial charge in [-0.2, -0.15) is 10.2 Å². The number of H-pyrrole nitrogens is 2. The van der Waals surface area contributed by atoms with E-state index in [1.807, 2.05) is 17.8 Å². The molecule has 3 aromatic heterocycles. The zero-order valence-corrected chi connectivity index (χ0v) is 17.1. The van der Waals surface area contributed by atoms with Gasteiger partial charge in [0.15, 0.2) is 5.82 Å². The molecular weight excluding hydrogens is 368 g/mol. The quantitative estimate of drug-likeness (QED) is 0.535. The Balaban J connectivity index is 1.59. The van der Waals surface area contributed by atoms with Crippen molar-refractivity contribution in [1.82, 2.24) is 34.9 Å². The lowest BCUT2D eigenvalue weighted by Crippen LogP contribution is -2.42. The maximum Gasteiger partial charge on any atom is 0.184 e. The highest BCUT2D eigenvalue weighted by molar-refractivity contribution is 5.56. The molecule has 29 heavy (non-hydrogen) atoms. The van der Waals surface area contributed by atoms with Gasteiger partial charge in [0.2, 0.25) is 0 Å². The normalized spacial score (nSPS) is 22.2. The fourth-order valence-electron chi connectivity index (χ4n) is 4.01. The number of nitrogens with one attached hydrogen (secondary N) is 2. The van der Waals surface area contributed by atoms with Crippen molar-refractivity contribution >= 4 is 0 Å². The number of hydrogen-bond donors (Lipinski definition) is 3. The third-order valence-electron chi connectivity index (χ3n) is 5.66. The van der Waals surface area contributed by atoms with Crippen LogP contribution in [0.5, 0.6) is 0 Å². The monoisotopic (exact) mass is 398 g/mol. The highest BCUT2D eigenvalue weighted by atomic mass is 16.5. The van der Waals surface area contributed by atoms with Crippen LogP contribution in [0.1, 0.15) is 55.7 Å². The van der Waals surface area contributed by atoms with E-state index in [0.29, 0.717) is 0 Å². The van der Waals surface area contributed by atoms with E-state index >= 15 is 0 Å². The van der Waals surface area contributed by atoms with Gasteiger partial charge in [0.1, 0.15) is 5.82 Å². The van der Waals surface area contributed by atoms with Crippen molar-refractivity contribution in [3.63, 3.8) is 0 Å². The van der Waals surface area contributed by atoms with Crippen molar-refractivity contribution in [2.75, 3.05) is 6.61 Å². The highest BCUT2D eigenvalue weighted by Gasteiger charge is 2.33. The average Bonchev–Trinajstić information content (AvgIpc) is 3.46. The number of aromatic nitrogens is 7. The molecule has 9 heteroatoms. The van der Waals surface area contributed by atoms with Crippen LogP contribution in [-0.4, -0.2) is 53.7 Å². The minimum atomic E-state index is 0.0746. The van der Waals surface area contributed by atoms with E-state index in [4.69, 9.17) is 20.6 Å². The Morgan fingerprint density at radius 2 is 2.21 bits per heavy atom. The summed E-state index contributed by atoms with van der Waals surface area (Å²) in [7, 11) is 0. The predicted octanol–water partition coefficient (Wildman–Crippen LogP) is 2.33. The maximum atomic E-state index is 6.33. The molecule has 3 heterocycles. The molecule has 3 aromatic rings. The zero-order chi connectivity index (χ0) is 20.2. The van der Waals surface area contributed by atoms with Crippen LogP contribution in [0.2, 0.25) is 0 Å². The second kappa shape index (κ2) is 8.87. The molecule has 1 aliphatic rings. The third-order valence-corrected chi connectivity index (χ3v) is 5.66. The molecule has 0 aliphatic heterocycles. The molecular formula is C20H30N8O. The molecule has 156 valence electrons. The van der Waals surface area contributed by atoms with Gasteiger partial charge in [-0.1, -0.05) is 6.92 Å². The molecule has 0 saturated heterocycles. The summed E-state index contributed by atoms with van der Waals surface area (Å²) in [6, 6.07) is 0.0924. The van der Waals surface area contributed by atoms with Crippen molar-refractivity contribution in [3.8, 4) is 11.4 Å². The van der Waals surface area contributed by atoms with Crippen LogP contribution < -0.4 is 5.73 Å². The number of ether oxygens (including phenoxy) is 1. The second-order valence-corrected chi connectivity index (χ2v) is 7.84. The average molecular weight is 399 g/mol. The molecule has 1 saturated carbocycles. The number of nitrogens with zero attached hydrogens (tertiary/aromatic N) is 5. The van der Waals surface area contributed by atoms with Gasteiger partial charge in [-0.15, -0.1) is 0 Å². The zero-order valence-electron chi connectivity index (χ0n) is 17.1. The molecule has 1 aliphatic carbocycles. The van der Waals surface area contributed by atoms with Gasteiger partial charge >= 0.3 is 0 Å². The van der Waals surface area contributed by atoms with E-state index in [1.165, 1.54) is 0 Å². The van der Waals surface area contributed by atoms with Crippen LogP contribution in [0.15, 0.2) is 18.7 Å². The van der Waals surface area contributed by atoms with Crippen LogP contribution in [0.4, 0.5) is 0 Å². The van der Waals surface area contributed by atoms with Crippen LogP contribution >= 0.6 is 0 Å². The Bertz CT molecular complexity index is 900. The lowest BCUT2D eigenvalue weighted by Gasteiger charge is -2.33. The Hall–Kier alpha value is -2.52. The van der Waals surface area contributed by atoms with Crippen molar-refractivity contribution in [2.24, 2.45) is 5.73 Å². The first-order valence-corrected chi connectivity index (χ1v) is 10.4. The summed E-state index contributed by atoms with van der Waals surface area (Å²) in [5.41, 5.74) is 9.33. The molecule has 4 rings (SSSR count). The van der Waals surface area contributed by atoms with E-state index in [9.17, 15) is 0 Å². The van der Waals surface area contributed by atoms with Crippen LogP contribution in [0, 0.1) is 6.92 Å². The molecule has 0 amide bonds. The minimum absolute atomic E-state index is 0.0746. The third kappa shape index (κ3) is 4.40. The summed E-state index contributed by atoms with van der Waals surface area (Å²) in [5.74, 6) is 2.01. The molecule has 3 atom stereocenters. The number of aryl methyl sites for hydroxylation is 3. The first kappa shape index (κ1) is 19.8. The standard InChI is InChI=1S/C20H30N8O/c1-3-8-29-18-9-14(4-5-17(18)21)20-25-19(16-11-24-26-13(16)2)27-28(20)7-6-15-10-22-12-23-15/h10-12,14,17-18H,3-9,21H2,1-2H3,(H,22,23)(H,24,26)/t14-,17-,18-/m0/s1. The lowest BCUT2D eigenvalue weighted by atomic mass is 9.83. The van der Waals surface area contributed by atoms with Gasteiger partial charge in [0, 0.05) is 49.1 Å². The van der Waals surface area contributed by atoms with Crippen LogP contribution in [-0.2, 0) is 17.7 Å². The largest absolute Gasteiger partial charge is 0.377 e. The van der Waals surface area contributed by atoms with E-state index in [0.717, 1.165) is 73.9 Å². The number of rotatable bonds is 8. The van der Waals surface area contributed by atoms with Gasteiger partial charge in [-0.3, -0.25) is 5.10 Å². The van der Waals surface area contributed by atoms with Crippen molar-refractivity contribution < 1.29 is 4.74 Å². The van der Waals surface area contributed by atoms with Gasteiger partial charge in [0.05, 0.1) is 24.2 Å². The lowest BCUT2D eigenvalue weighted by molar-refractivity contribution is 0.00861. The summed E-state index contributed by atoms with van der Waals surface area (Å²) in [6.45, 7) is 5.60. The Kier molecular flexibility index (Phi) is 6.05. The molecule has 0 aromatic carbocycles. The van der Waals surface area contributed by atoms with E-state index in [1.54, 1.807) is 12.5 Å². The fraction of sp³-hybridized carbons (Fsp3) is 0.600.